The number of nitro benzene ring substituents is 1. The molecule has 0 aromatic heterocycles. The maximum Gasteiger partial charge on any atom is 0.282 e. The summed E-state index contributed by atoms with van der Waals surface area (Å²) in [5.41, 5.74) is 4.97. The Morgan fingerprint density at radius 2 is 2.25 bits per heavy atom. The summed E-state index contributed by atoms with van der Waals surface area (Å²) in [7, 11) is 0. The number of carbonyl (C=O) groups excluding carboxylic acids is 1. The molecule has 0 aliphatic heterocycles. The Labute approximate surface area is 115 Å². The maximum absolute atomic E-state index is 13.2. The van der Waals surface area contributed by atoms with E-state index in [2.05, 4.69) is 5.32 Å². The zero-order chi connectivity index (χ0) is 14.7. The third kappa shape index (κ3) is 2.93. The van der Waals surface area contributed by atoms with E-state index in [0.717, 1.165) is 37.5 Å². The Bertz CT molecular complexity index is 536. The van der Waals surface area contributed by atoms with Crippen molar-refractivity contribution in [3.8, 4) is 0 Å². The molecule has 1 aromatic rings. The maximum atomic E-state index is 13.2. The molecule has 1 aromatic carbocycles. The Balaban J connectivity index is 2.20. The van der Waals surface area contributed by atoms with Crippen molar-refractivity contribution in [2.75, 3.05) is 6.54 Å². The highest BCUT2D eigenvalue weighted by Crippen LogP contribution is 2.26. The van der Waals surface area contributed by atoms with Crippen LogP contribution in [-0.2, 0) is 0 Å². The third-order valence-electron chi connectivity index (χ3n) is 3.68. The molecule has 2 rings (SSSR count). The smallest absolute Gasteiger partial charge is 0.282 e. The number of nitro groups is 1. The molecular formula is C13H16FN3O3. The van der Waals surface area contributed by atoms with Gasteiger partial charge >= 0.3 is 0 Å². The number of nitrogens with one attached hydrogen (secondary N) is 1. The molecule has 0 bridgehead atoms. The van der Waals surface area contributed by atoms with Crippen molar-refractivity contribution in [2.24, 2.45) is 11.7 Å². The number of nitrogens with two attached hydrogens (primary N) is 1. The zero-order valence-corrected chi connectivity index (χ0v) is 10.8. The second-order valence-corrected chi connectivity index (χ2v) is 4.93. The topological polar surface area (TPSA) is 98.3 Å². The van der Waals surface area contributed by atoms with Crippen LogP contribution in [-0.4, -0.2) is 23.4 Å². The van der Waals surface area contributed by atoms with Gasteiger partial charge in [0.1, 0.15) is 11.4 Å². The summed E-state index contributed by atoms with van der Waals surface area (Å²) in [5, 5.41) is 13.6. The van der Waals surface area contributed by atoms with Crippen LogP contribution in [0.2, 0.25) is 0 Å². The highest BCUT2D eigenvalue weighted by Gasteiger charge is 2.29. The van der Waals surface area contributed by atoms with Gasteiger partial charge in [0.05, 0.1) is 4.92 Å². The predicted octanol–water partition coefficient (Wildman–Crippen LogP) is 1.59. The quantitative estimate of drug-likeness (QED) is 0.646. The number of hydrogen-bond donors (Lipinski definition) is 2. The van der Waals surface area contributed by atoms with Crippen molar-refractivity contribution in [1.82, 2.24) is 5.32 Å². The molecule has 20 heavy (non-hydrogen) atoms. The first-order valence-corrected chi connectivity index (χ1v) is 6.47. The lowest BCUT2D eigenvalue weighted by Gasteiger charge is -2.19. The van der Waals surface area contributed by atoms with Crippen molar-refractivity contribution in [1.29, 1.82) is 0 Å². The summed E-state index contributed by atoms with van der Waals surface area (Å²) in [6.07, 6.45) is 2.67. The fourth-order valence-corrected chi connectivity index (χ4v) is 2.60. The molecular weight excluding hydrogens is 265 g/mol. The standard InChI is InChI=1S/C13H16FN3O3/c14-9-4-5-12(17(19)20)10(6-9)13(18)16-11-3-1-2-8(11)7-15/h4-6,8,11H,1-3,7,15H2,(H,16,18). The molecule has 2 unspecified atom stereocenters. The molecule has 7 heteroatoms. The van der Waals surface area contributed by atoms with Gasteiger partial charge in [-0.2, -0.15) is 0 Å². The molecule has 1 saturated carbocycles. The number of nitrogens with zero attached hydrogens (tertiary/aromatic N) is 1. The molecule has 1 amide bonds. The molecule has 0 heterocycles. The van der Waals surface area contributed by atoms with E-state index in [0.29, 0.717) is 6.54 Å². The first-order chi connectivity index (χ1) is 9.52. The average Bonchev–Trinajstić information content (AvgIpc) is 2.85. The van der Waals surface area contributed by atoms with Crippen molar-refractivity contribution >= 4 is 11.6 Å². The van der Waals surface area contributed by atoms with Gasteiger partial charge in [0.15, 0.2) is 0 Å². The number of benzene rings is 1. The van der Waals surface area contributed by atoms with E-state index >= 15 is 0 Å². The number of rotatable bonds is 4. The minimum absolute atomic E-state index is 0.102. The van der Waals surface area contributed by atoms with Crippen molar-refractivity contribution in [3.05, 3.63) is 39.7 Å². The SMILES string of the molecule is NCC1CCCC1NC(=O)c1cc(F)ccc1[N+](=O)[O-]. The van der Waals surface area contributed by atoms with Gasteiger partial charge in [-0.05, 0) is 37.4 Å². The Kier molecular flexibility index (Phi) is 4.29. The Morgan fingerprint density at radius 1 is 1.50 bits per heavy atom. The molecule has 108 valence electrons. The third-order valence-corrected chi connectivity index (χ3v) is 3.68. The highest BCUT2D eigenvalue weighted by atomic mass is 19.1. The highest BCUT2D eigenvalue weighted by molar-refractivity contribution is 5.98. The van der Waals surface area contributed by atoms with E-state index < -0.39 is 22.3 Å². The van der Waals surface area contributed by atoms with Gasteiger partial charge in [-0.1, -0.05) is 6.42 Å². The van der Waals surface area contributed by atoms with E-state index in [9.17, 15) is 19.3 Å². The molecule has 1 fully saturated rings. The van der Waals surface area contributed by atoms with E-state index in [1.165, 1.54) is 0 Å². The molecule has 6 nitrogen and oxygen atoms in total. The van der Waals surface area contributed by atoms with Crippen LogP contribution in [0.1, 0.15) is 29.6 Å². The first kappa shape index (κ1) is 14.4. The van der Waals surface area contributed by atoms with Crippen LogP contribution in [0.25, 0.3) is 0 Å². The lowest BCUT2D eigenvalue weighted by Crippen LogP contribution is -2.40. The van der Waals surface area contributed by atoms with Crippen molar-refractivity contribution in [3.63, 3.8) is 0 Å². The summed E-state index contributed by atoms with van der Waals surface area (Å²) >= 11 is 0. The minimum Gasteiger partial charge on any atom is -0.349 e. The Hall–Kier alpha value is -2.02. The van der Waals surface area contributed by atoms with Crippen LogP contribution in [0.15, 0.2) is 18.2 Å². The average molecular weight is 281 g/mol. The summed E-state index contributed by atoms with van der Waals surface area (Å²) in [4.78, 5) is 22.3. The lowest BCUT2D eigenvalue weighted by molar-refractivity contribution is -0.385. The lowest BCUT2D eigenvalue weighted by atomic mass is 10.0. The molecule has 2 atom stereocenters. The number of carbonyl (C=O) groups is 1. The van der Waals surface area contributed by atoms with Crippen molar-refractivity contribution in [2.45, 2.75) is 25.3 Å². The van der Waals surface area contributed by atoms with Gasteiger partial charge in [-0.3, -0.25) is 14.9 Å². The summed E-state index contributed by atoms with van der Waals surface area (Å²) < 4.78 is 13.2. The van der Waals surface area contributed by atoms with Gasteiger partial charge in [0, 0.05) is 12.1 Å². The normalized spacial score (nSPS) is 21.7. The largest absolute Gasteiger partial charge is 0.349 e. The molecule has 3 N–H and O–H groups in total. The van der Waals surface area contributed by atoms with Crippen LogP contribution in [0.4, 0.5) is 10.1 Å². The van der Waals surface area contributed by atoms with Gasteiger partial charge < -0.3 is 11.1 Å². The van der Waals surface area contributed by atoms with E-state index in [1.807, 2.05) is 0 Å². The zero-order valence-electron chi connectivity index (χ0n) is 10.8. The van der Waals surface area contributed by atoms with Gasteiger partial charge in [0.25, 0.3) is 11.6 Å². The predicted molar refractivity (Wildman–Crippen MR) is 70.7 cm³/mol. The van der Waals surface area contributed by atoms with Gasteiger partial charge in [0.2, 0.25) is 0 Å². The van der Waals surface area contributed by atoms with E-state index in [4.69, 9.17) is 5.73 Å². The van der Waals surface area contributed by atoms with Crippen LogP contribution in [0, 0.1) is 21.8 Å². The fourth-order valence-electron chi connectivity index (χ4n) is 2.60. The molecule has 0 radical (unpaired) electrons. The van der Waals surface area contributed by atoms with Gasteiger partial charge in [-0.25, -0.2) is 4.39 Å². The summed E-state index contributed by atoms with van der Waals surface area (Å²) in [6, 6.07) is 2.75. The summed E-state index contributed by atoms with van der Waals surface area (Å²) in [6.45, 7) is 0.455. The van der Waals surface area contributed by atoms with Crippen LogP contribution >= 0.6 is 0 Å². The van der Waals surface area contributed by atoms with Crippen LogP contribution in [0.5, 0.6) is 0 Å². The Morgan fingerprint density at radius 3 is 2.90 bits per heavy atom. The first-order valence-electron chi connectivity index (χ1n) is 6.47. The molecule has 1 aliphatic carbocycles. The van der Waals surface area contributed by atoms with Crippen LogP contribution in [0.3, 0.4) is 0 Å². The number of amides is 1. The fraction of sp³-hybridized carbons (Fsp3) is 0.462. The number of halogens is 1. The molecule has 0 spiro atoms. The van der Waals surface area contributed by atoms with Crippen molar-refractivity contribution < 1.29 is 14.1 Å². The second kappa shape index (κ2) is 5.96. The molecule has 1 aliphatic rings. The monoisotopic (exact) mass is 281 g/mol. The van der Waals surface area contributed by atoms with E-state index in [-0.39, 0.29) is 17.5 Å². The van der Waals surface area contributed by atoms with Gasteiger partial charge in [-0.15, -0.1) is 0 Å². The summed E-state index contributed by atoms with van der Waals surface area (Å²) in [5.74, 6) is -1.13. The van der Waals surface area contributed by atoms with Crippen LogP contribution < -0.4 is 11.1 Å². The molecule has 0 saturated heterocycles. The second-order valence-electron chi connectivity index (χ2n) is 4.93. The van der Waals surface area contributed by atoms with E-state index in [1.54, 1.807) is 0 Å². The minimum atomic E-state index is -0.691. The number of hydrogen-bond acceptors (Lipinski definition) is 4.